The van der Waals surface area contributed by atoms with Crippen molar-refractivity contribution in [1.29, 1.82) is 0 Å². The van der Waals surface area contributed by atoms with E-state index in [4.69, 9.17) is 10.9 Å². The Balaban J connectivity index is 2.98. The number of rotatable bonds is 5. The third-order valence-electron chi connectivity index (χ3n) is 3.89. The van der Waals surface area contributed by atoms with Crippen molar-refractivity contribution in [2.24, 2.45) is 16.3 Å². The average Bonchev–Trinajstić information content (AvgIpc) is 3.11. The van der Waals surface area contributed by atoms with E-state index in [1.54, 1.807) is 13.8 Å². The number of amides is 1. The van der Waals surface area contributed by atoms with Crippen LogP contribution in [0.25, 0.3) is 0 Å². The fraction of sp³-hybridized carbons (Fsp3) is 0.818. The van der Waals surface area contributed by atoms with Gasteiger partial charge in [-0.05, 0) is 25.7 Å². The molecule has 0 aliphatic heterocycles. The molecular formula is C11H18F3N3O2. The molecule has 0 spiro atoms. The quantitative estimate of drug-likeness (QED) is 0.310. The van der Waals surface area contributed by atoms with Gasteiger partial charge in [-0.15, -0.1) is 0 Å². The zero-order chi connectivity index (χ0) is 14.9. The number of nitrogens with one attached hydrogen (secondary N) is 1. The van der Waals surface area contributed by atoms with Gasteiger partial charge in [-0.2, -0.15) is 13.2 Å². The summed E-state index contributed by atoms with van der Waals surface area (Å²) in [5.41, 5.74) is 1.93. The van der Waals surface area contributed by atoms with Gasteiger partial charge in [0.05, 0.1) is 0 Å². The number of carbonyl (C=O) groups excluding carboxylic acids is 1. The van der Waals surface area contributed by atoms with Crippen LogP contribution in [0.3, 0.4) is 0 Å². The zero-order valence-electron chi connectivity index (χ0n) is 10.8. The topological polar surface area (TPSA) is 87.7 Å². The molecule has 0 aromatic heterocycles. The molecule has 4 N–H and O–H groups in total. The predicted octanol–water partition coefficient (Wildman–Crippen LogP) is 1.75. The second-order valence-corrected chi connectivity index (χ2v) is 4.81. The summed E-state index contributed by atoms with van der Waals surface area (Å²) in [4.78, 5) is 12.1. The highest BCUT2D eigenvalue weighted by atomic mass is 19.4. The largest absolute Gasteiger partial charge is 0.411 e. The van der Waals surface area contributed by atoms with E-state index < -0.39 is 23.0 Å². The van der Waals surface area contributed by atoms with Crippen molar-refractivity contribution < 1.29 is 23.2 Å². The minimum atomic E-state index is -4.49. The first kappa shape index (κ1) is 15.6. The SMILES string of the molecule is CCC(CC)(C(=O)NC1(C(F)(F)F)CC1)C(N)=NO. The van der Waals surface area contributed by atoms with Crippen LogP contribution in [0, 0.1) is 5.41 Å². The fourth-order valence-electron chi connectivity index (χ4n) is 2.09. The second kappa shape index (κ2) is 4.90. The molecule has 0 aromatic rings. The summed E-state index contributed by atoms with van der Waals surface area (Å²) in [5, 5.41) is 13.5. The summed E-state index contributed by atoms with van der Waals surface area (Å²) in [7, 11) is 0. The highest BCUT2D eigenvalue weighted by Crippen LogP contribution is 2.49. The van der Waals surface area contributed by atoms with Gasteiger partial charge in [-0.1, -0.05) is 19.0 Å². The number of alkyl halides is 3. The molecule has 1 aliphatic carbocycles. The van der Waals surface area contributed by atoms with Crippen molar-refractivity contribution in [2.75, 3.05) is 0 Å². The van der Waals surface area contributed by atoms with Crippen LogP contribution in [0.1, 0.15) is 39.5 Å². The van der Waals surface area contributed by atoms with Crippen LogP contribution in [-0.4, -0.2) is 28.7 Å². The molecule has 1 amide bonds. The first-order chi connectivity index (χ1) is 8.69. The molecule has 1 saturated carbocycles. The zero-order valence-corrected chi connectivity index (χ0v) is 10.8. The van der Waals surface area contributed by atoms with Crippen LogP contribution in [0.4, 0.5) is 13.2 Å². The molecule has 0 atom stereocenters. The summed E-state index contributed by atoms with van der Waals surface area (Å²) in [5.74, 6) is -1.21. The molecule has 0 unspecified atom stereocenters. The Morgan fingerprint density at radius 2 is 1.84 bits per heavy atom. The van der Waals surface area contributed by atoms with Gasteiger partial charge in [0.1, 0.15) is 11.0 Å². The lowest BCUT2D eigenvalue weighted by atomic mass is 9.80. The predicted molar refractivity (Wildman–Crippen MR) is 62.6 cm³/mol. The van der Waals surface area contributed by atoms with Gasteiger partial charge in [0.25, 0.3) is 0 Å². The van der Waals surface area contributed by atoms with Crippen molar-refractivity contribution in [2.45, 2.75) is 51.2 Å². The Labute approximate surface area is 109 Å². The second-order valence-electron chi connectivity index (χ2n) is 4.81. The van der Waals surface area contributed by atoms with Gasteiger partial charge in [-0.3, -0.25) is 4.79 Å². The molecule has 0 aromatic carbocycles. The number of nitrogens with two attached hydrogens (primary N) is 1. The Morgan fingerprint density at radius 1 is 1.37 bits per heavy atom. The lowest BCUT2D eigenvalue weighted by Crippen LogP contribution is -2.56. The Morgan fingerprint density at radius 3 is 2.11 bits per heavy atom. The third-order valence-corrected chi connectivity index (χ3v) is 3.89. The number of halogens is 3. The number of amidine groups is 1. The van der Waals surface area contributed by atoms with E-state index in [1.165, 1.54) is 0 Å². The molecule has 19 heavy (non-hydrogen) atoms. The van der Waals surface area contributed by atoms with Gasteiger partial charge in [0.15, 0.2) is 5.84 Å². The van der Waals surface area contributed by atoms with Gasteiger partial charge >= 0.3 is 6.18 Å². The highest BCUT2D eigenvalue weighted by molar-refractivity contribution is 6.07. The Hall–Kier alpha value is -1.47. The molecule has 0 heterocycles. The van der Waals surface area contributed by atoms with E-state index in [9.17, 15) is 18.0 Å². The minimum Gasteiger partial charge on any atom is -0.409 e. The molecule has 1 aliphatic rings. The molecule has 0 radical (unpaired) electrons. The van der Waals surface area contributed by atoms with Crippen molar-refractivity contribution >= 4 is 11.7 Å². The molecule has 1 rings (SSSR count). The van der Waals surface area contributed by atoms with Gasteiger partial charge in [0.2, 0.25) is 5.91 Å². The average molecular weight is 281 g/mol. The molecule has 5 nitrogen and oxygen atoms in total. The van der Waals surface area contributed by atoms with Crippen molar-refractivity contribution in [1.82, 2.24) is 5.32 Å². The normalized spacial score (nSPS) is 19.1. The Kier molecular flexibility index (Phi) is 4.02. The first-order valence-corrected chi connectivity index (χ1v) is 6.06. The van der Waals surface area contributed by atoms with E-state index in [1.807, 2.05) is 5.32 Å². The molecular weight excluding hydrogens is 263 g/mol. The number of oxime groups is 1. The van der Waals surface area contributed by atoms with Crippen LogP contribution < -0.4 is 11.1 Å². The van der Waals surface area contributed by atoms with Crippen LogP contribution in [-0.2, 0) is 4.79 Å². The van der Waals surface area contributed by atoms with Crippen molar-refractivity contribution in [3.05, 3.63) is 0 Å². The smallest absolute Gasteiger partial charge is 0.409 e. The van der Waals surface area contributed by atoms with Crippen LogP contribution in [0.5, 0.6) is 0 Å². The summed E-state index contributed by atoms with van der Waals surface area (Å²) in [6.45, 7) is 3.21. The summed E-state index contributed by atoms with van der Waals surface area (Å²) >= 11 is 0. The maximum atomic E-state index is 12.8. The third kappa shape index (κ3) is 2.48. The van der Waals surface area contributed by atoms with E-state index in [-0.39, 0.29) is 31.5 Å². The van der Waals surface area contributed by atoms with Gasteiger partial charge in [-0.25, -0.2) is 0 Å². The summed E-state index contributed by atoms with van der Waals surface area (Å²) in [6, 6.07) is 0. The summed E-state index contributed by atoms with van der Waals surface area (Å²) in [6.07, 6.45) is -4.46. The minimum absolute atomic E-state index is 0.137. The number of hydrogen-bond acceptors (Lipinski definition) is 3. The van der Waals surface area contributed by atoms with Crippen molar-refractivity contribution in [3.8, 4) is 0 Å². The van der Waals surface area contributed by atoms with Crippen LogP contribution >= 0.6 is 0 Å². The Bertz CT molecular complexity index is 385. The maximum Gasteiger partial charge on any atom is 0.411 e. The molecule has 110 valence electrons. The standard InChI is InChI=1S/C11H18F3N3O2/c1-3-9(4-2,7(15)17-19)8(18)16-10(5-6-10)11(12,13)14/h19H,3-6H2,1-2H3,(H2,15,17)(H,16,18). The fourth-order valence-corrected chi connectivity index (χ4v) is 2.09. The number of nitrogens with zero attached hydrogens (tertiary/aromatic N) is 1. The number of carbonyl (C=O) groups is 1. The molecule has 0 saturated heterocycles. The van der Waals surface area contributed by atoms with Gasteiger partial charge in [0, 0.05) is 0 Å². The maximum absolute atomic E-state index is 12.8. The number of hydrogen-bond donors (Lipinski definition) is 3. The van der Waals surface area contributed by atoms with E-state index in [0.717, 1.165) is 0 Å². The van der Waals surface area contributed by atoms with Gasteiger partial charge < -0.3 is 16.3 Å². The highest BCUT2D eigenvalue weighted by Gasteiger charge is 2.65. The lowest BCUT2D eigenvalue weighted by molar-refractivity contribution is -0.172. The summed E-state index contributed by atoms with van der Waals surface area (Å²) < 4.78 is 38.4. The van der Waals surface area contributed by atoms with E-state index in [0.29, 0.717) is 0 Å². The first-order valence-electron chi connectivity index (χ1n) is 6.06. The van der Waals surface area contributed by atoms with Crippen LogP contribution in [0.2, 0.25) is 0 Å². The van der Waals surface area contributed by atoms with E-state index in [2.05, 4.69) is 5.16 Å². The monoisotopic (exact) mass is 281 g/mol. The molecule has 1 fully saturated rings. The van der Waals surface area contributed by atoms with E-state index >= 15 is 0 Å². The molecule has 8 heteroatoms. The lowest BCUT2D eigenvalue weighted by Gasteiger charge is -2.31. The molecule has 0 bridgehead atoms. The van der Waals surface area contributed by atoms with Crippen LogP contribution in [0.15, 0.2) is 5.16 Å². The van der Waals surface area contributed by atoms with Crippen molar-refractivity contribution in [3.63, 3.8) is 0 Å².